The summed E-state index contributed by atoms with van der Waals surface area (Å²) in [5.41, 5.74) is 2.99. The first-order valence-electron chi connectivity index (χ1n) is 9.69. The number of hydrogen-bond donors (Lipinski definition) is 0. The van der Waals surface area contributed by atoms with Gasteiger partial charge in [0.15, 0.2) is 0 Å². The third kappa shape index (κ3) is 3.94. The molecule has 1 atom stereocenters. The molecule has 1 unspecified atom stereocenters. The zero-order valence-electron chi connectivity index (χ0n) is 16.8. The fourth-order valence-corrected chi connectivity index (χ4v) is 3.41. The number of ether oxygens (including phenoxy) is 1. The summed E-state index contributed by atoms with van der Waals surface area (Å²) < 4.78 is 5.33. The fraction of sp³-hybridized carbons (Fsp3) is 0.600. The molecule has 0 bridgehead atoms. The second-order valence-corrected chi connectivity index (χ2v) is 6.02. The zero-order valence-corrected chi connectivity index (χ0v) is 16.8. The summed E-state index contributed by atoms with van der Waals surface area (Å²) in [6, 6.07) is 2.18. The van der Waals surface area contributed by atoms with Gasteiger partial charge in [-0.25, -0.2) is 9.97 Å². The van der Waals surface area contributed by atoms with Crippen LogP contribution in [0.2, 0.25) is 0 Å². The van der Waals surface area contributed by atoms with Crippen molar-refractivity contribution in [1.29, 1.82) is 0 Å². The second kappa shape index (κ2) is 8.92. The predicted molar refractivity (Wildman–Crippen MR) is 105 cm³/mol. The van der Waals surface area contributed by atoms with Gasteiger partial charge in [0.2, 0.25) is 0 Å². The number of aryl methyl sites for hydroxylation is 3. The molecule has 142 valence electrons. The lowest BCUT2D eigenvalue weighted by Gasteiger charge is -2.28. The van der Waals surface area contributed by atoms with Gasteiger partial charge in [-0.05, 0) is 32.8 Å². The van der Waals surface area contributed by atoms with E-state index in [9.17, 15) is 4.79 Å². The van der Waals surface area contributed by atoms with Gasteiger partial charge in [0, 0.05) is 12.2 Å². The fourth-order valence-electron chi connectivity index (χ4n) is 3.41. The Balaban J connectivity index is 0.000000570. The summed E-state index contributed by atoms with van der Waals surface area (Å²) in [4.78, 5) is 27.8. The number of carbonyl (C=O) groups is 1. The maximum absolute atomic E-state index is 11.6. The summed E-state index contributed by atoms with van der Waals surface area (Å²) in [6.45, 7) is 13.0. The molecule has 2 aliphatic heterocycles. The highest BCUT2D eigenvalue weighted by molar-refractivity contribution is 5.92. The zero-order chi connectivity index (χ0) is 19.3. The molecule has 4 heterocycles. The van der Waals surface area contributed by atoms with Crippen molar-refractivity contribution in [3.8, 4) is 0 Å². The van der Waals surface area contributed by atoms with Crippen molar-refractivity contribution in [1.82, 2.24) is 15.0 Å². The molecule has 26 heavy (non-hydrogen) atoms. The van der Waals surface area contributed by atoms with E-state index in [4.69, 9.17) is 9.72 Å². The predicted octanol–water partition coefficient (Wildman–Crippen LogP) is 3.76. The quantitative estimate of drug-likeness (QED) is 0.668. The Morgan fingerprint density at radius 2 is 1.81 bits per heavy atom. The molecular weight excluding hydrogens is 328 g/mol. The van der Waals surface area contributed by atoms with Gasteiger partial charge < -0.3 is 9.64 Å². The number of anilines is 1. The highest BCUT2D eigenvalue weighted by Gasteiger charge is 2.31. The van der Waals surface area contributed by atoms with Crippen LogP contribution in [0.1, 0.15) is 57.7 Å². The van der Waals surface area contributed by atoms with E-state index in [0.29, 0.717) is 19.6 Å². The second-order valence-electron chi connectivity index (χ2n) is 6.02. The molecule has 0 radical (unpaired) electrons. The molecule has 0 saturated carbocycles. The number of cyclic esters (lactones) is 1. The maximum Gasteiger partial charge on any atom is 0.307 e. The Kier molecular flexibility index (Phi) is 6.89. The molecule has 2 aromatic heterocycles. The van der Waals surface area contributed by atoms with Crippen LogP contribution in [0.4, 0.5) is 5.82 Å². The molecule has 4 rings (SSSR count). The van der Waals surface area contributed by atoms with Crippen molar-refractivity contribution in [3.05, 3.63) is 23.3 Å². The van der Waals surface area contributed by atoms with Crippen molar-refractivity contribution < 1.29 is 9.53 Å². The highest BCUT2D eigenvalue weighted by Crippen LogP contribution is 2.34. The van der Waals surface area contributed by atoms with E-state index >= 15 is 0 Å². The van der Waals surface area contributed by atoms with E-state index in [2.05, 4.69) is 14.9 Å². The normalized spacial score (nSPS) is 18.3. The van der Waals surface area contributed by atoms with Crippen molar-refractivity contribution in [3.63, 3.8) is 0 Å². The summed E-state index contributed by atoms with van der Waals surface area (Å²) in [5.74, 6) is 1.53. The molecule has 2 aromatic rings. The summed E-state index contributed by atoms with van der Waals surface area (Å²) in [5, 5.41) is 1.04. The van der Waals surface area contributed by atoms with E-state index in [0.717, 1.165) is 46.8 Å². The van der Waals surface area contributed by atoms with Crippen molar-refractivity contribution in [2.45, 2.75) is 66.8 Å². The third-order valence-corrected chi connectivity index (χ3v) is 4.40. The lowest BCUT2D eigenvalue weighted by atomic mass is 10.1. The molecule has 1 saturated heterocycles. The van der Waals surface area contributed by atoms with Crippen LogP contribution in [0.25, 0.3) is 10.9 Å². The number of esters is 1. The van der Waals surface area contributed by atoms with Crippen LogP contribution >= 0.6 is 0 Å². The molecule has 1 fully saturated rings. The smallest absolute Gasteiger partial charge is 0.307 e. The first-order valence-corrected chi connectivity index (χ1v) is 9.69. The minimum atomic E-state index is -0.127. The van der Waals surface area contributed by atoms with Gasteiger partial charge in [-0.1, -0.05) is 27.7 Å². The van der Waals surface area contributed by atoms with Crippen molar-refractivity contribution >= 4 is 22.7 Å². The van der Waals surface area contributed by atoms with Crippen LogP contribution in [-0.2, 0) is 16.0 Å². The van der Waals surface area contributed by atoms with Gasteiger partial charge in [0.05, 0.1) is 29.1 Å². The number of fused-ring (bicyclic) bond motifs is 2. The molecule has 0 amide bonds. The van der Waals surface area contributed by atoms with Crippen LogP contribution in [0.15, 0.2) is 6.07 Å². The Morgan fingerprint density at radius 3 is 2.54 bits per heavy atom. The average Bonchev–Trinajstić information content (AvgIpc) is 2.91. The number of aromatic nitrogens is 3. The molecule has 0 aromatic carbocycles. The maximum atomic E-state index is 11.6. The van der Waals surface area contributed by atoms with Crippen LogP contribution in [-0.4, -0.2) is 40.1 Å². The number of rotatable bonds is 0. The van der Waals surface area contributed by atoms with E-state index in [1.165, 1.54) is 0 Å². The summed E-state index contributed by atoms with van der Waals surface area (Å²) >= 11 is 0. The number of carbonyl (C=O) groups excluding carboxylic acids is 1. The number of pyridine rings is 1. The van der Waals surface area contributed by atoms with E-state index < -0.39 is 0 Å². The van der Waals surface area contributed by atoms with Crippen LogP contribution in [0, 0.1) is 13.8 Å². The molecule has 6 heteroatoms. The molecule has 0 aliphatic carbocycles. The topological polar surface area (TPSA) is 68.2 Å². The Morgan fingerprint density at radius 1 is 1.08 bits per heavy atom. The first-order chi connectivity index (χ1) is 12.6. The molecule has 2 aliphatic rings. The molecular formula is C20H30N4O2. The van der Waals surface area contributed by atoms with Gasteiger partial charge in [0.25, 0.3) is 0 Å². The van der Waals surface area contributed by atoms with Gasteiger partial charge >= 0.3 is 5.97 Å². The standard InChI is InChI=1S/C16H18N4O2.2C2H6/c1-9-7-13-15-12(17-9)4-3-11-8-22-14(21)5-6-20(11)16(15)19-10(2)18-13;2*1-2/h7,11H,3-6,8H2,1-2H3;2*1-2H3. The lowest BCUT2D eigenvalue weighted by Crippen LogP contribution is -2.37. The van der Waals surface area contributed by atoms with Gasteiger partial charge in [0.1, 0.15) is 18.2 Å². The Hall–Kier alpha value is -2.24. The number of hydrogen-bond acceptors (Lipinski definition) is 6. The summed E-state index contributed by atoms with van der Waals surface area (Å²) in [7, 11) is 0. The first kappa shape index (κ1) is 20.1. The highest BCUT2D eigenvalue weighted by atomic mass is 16.5. The van der Waals surface area contributed by atoms with E-state index in [1.807, 2.05) is 47.6 Å². The Bertz CT molecular complexity index is 771. The largest absolute Gasteiger partial charge is 0.463 e. The average molecular weight is 358 g/mol. The minimum Gasteiger partial charge on any atom is -0.463 e. The van der Waals surface area contributed by atoms with Crippen LogP contribution in [0.3, 0.4) is 0 Å². The van der Waals surface area contributed by atoms with Crippen molar-refractivity contribution in [2.24, 2.45) is 0 Å². The van der Waals surface area contributed by atoms with Gasteiger partial charge in [-0.2, -0.15) is 0 Å². The minimum absolute atomic E-state index is 0.127. The molecule has 0 N–H and O–H groups in total. The molecule has 0 spiro atoms. The van der Waals surface area contributed by atoms with Crippen molar-refractivity contribution in [2.75, 3.05) is 18.1 Å². The third-order valence-electron chi connectivity index (χ3n) is 4.40. The monoisotopic (exact) mass is 358 g/mol. The lowest BCUT2D eigenvalue weighted by molar-refractivity contribution is -0.142. The summed E-state index contributed by atoms with van der Waals surface area (Å²) in [6.07, 6.45) is 2.17. The molecule has 6 nitrogen and oxygen atoms in total. The van der Waals surface area contributed by atoms with E-state index in [-0.39, 0.29) is 12.0 Å². The SMILES string of the molecule is CC.CC.Cc1cc2nc(C)nc3c2c(n1)CCC1COC(=O)CCN31. The van der Waals surface area contributed by atoms with Crippen LogP contribution < -0.4 is 4.90 Å². The number of nitrogens with zero attached hydrogens (tertiary/aromatic N) is 4. The van der Waals surface area contributed by atoms with Gasteiger partial charge in [-0.3, -0.25) is 9.78 Å². The van der Waals surface area contributed by atoms with E-state index in [1.54, 1.807) is 0 Å². The Labute approximate surface area is 156 Å². The van der Waals surface area contributed by atoms with Crippen LogP contribution in [0.5, 0.6) is 0 Å². The van der Waals surface area contributed by atoms with Gasteiger partial charge in [-0.15, -0.1) is 0 Å².